The van der Waals surface area contributed by atoms with Crippen LogP contribution in [0.5, 0.6) is 0 Å². The first kappa shape index (κ1) is 16.6. The summed E-state index contributed by atoms with van der Waals surface area (Å²) in [5, 5.41) is 3.45. The van der Waals surface area contributed by atoms with Crippen LogP contribution in [0.4, 0.5) is 0 Å². The Hall–Kier alpha value is -0.770. The summed E-state index contributed by atoms with van der Waals surface area (Å²) in [4.78, 5) is 2.59. The van der Waals surface area contributed by atoms with Crippen LogP contribution in [0, 0.1) is 13.8 Å². The average molecular weight is 364 g/mol. The van der Waals surface area contributed by atoms with Crippen molar-refractivity contribution >= 4 is 27.7 Å². The summed E-state index contributed by atoms with van der Waals surface area (Å²) in [6.07, 6.45) is 0. The zero-order chi connectivity index (χ0) is 15.4. The lowest BCUT2D eigenvalue weighted by molar-refractivity contribution is 0.587. The fourth-order valence-electron chi connectivity index (χ4n) is 2.09. The lowest BCUT2D eigenvalue weighted by Crippen LogP contribution is -2.21. The van der Waals surface area contributed by atoms with E-state index in [4.69, 9.17) is 0 Å². The minimum Gasteiger partial charge on any atom is -0.310 e. The van der Waals surface area contributed by atoms with E-state index in [0.29, 0.717) is 6.04 Å². The number of hydrogen-bond donors (Lipinski definition) is 1. The first-order valence-electron chi connectivity index (χ1n) is 7.22. The van der Waals surface area contributed by atoms with E-state index in [1.165, 1.54) is 31.0 Å². The van der Waals surface area contributed by atoms with Gasteiger partial charge in [-0.3, -0.25) is 0 Å². The molecule has 0 aromatic heterocycles. The van der Waals surface area contributed by atoms with E-state index in [2.05, 4.69) is 85.3 Å². The normalized spacial score (nSPS) is 11.1. The molecule has 21 heavy (non-hydrogen) atoms. The highest BCUT2D eigenvalue weighted by Crippen LogP contribution is 2.33. The first-order chi connectivity index (χ1) is 9.95. The molecule has 2 aromatic rings. The molecule has 0 amide bonds. The Balaban J connectivity index is 2.12. The largest absolute Gasteiger partial charge is 0.310 e. The number of halogens is 1. The van der Waals surface area contributed by atoms with Crippen molar-refractivity contribution in [3.8, 4) is 0 Å². The second-order valence-corrected chi connectivity index (χ2v) is 7.63. The summed E-state index contributed by atoms with van der Waals surface area (Å²) in [7, 11) is 0. The number of rotatable bonds is 5. The first-order valence-corrected chi connectivity index (χ1v) is 8.83. The highest BCUT2D eigenvalue weighted by atomic mass is 79.9. The van der Waals surface area contributed by atoms with Gasteiger partial charge < -0.3 is 5.32 Å². The molecule has 0 radical (unpaired) electrons. The number of benzene rings is 2. The van der Waals surface area contributed by atoms with Crippen LogP contribution in [-0.4, -0.2) is 6.04 Å². The Morgan fingerprint density at radius 3 is 2.48 bits per heavy atom. The molecule has 0 aliphatic carbocycles. The monoisotopic (exact) mass is 363 g/mol. The minimum atomic E-state index is 0.501. The van der Waals surface area contributed by atoms with E-state index >= 15 is 0 Å². The highest BCUT2D eigenvalue weighted by molar-refractivity contribution is 9.10. The molecule has 3 heteroatoms. The molecule has 0 heterocycles. The molecule has 112 valence electrons. The van der Waals surface area contributed by atoms with Crippen LogP contribution in [0.2, 0.25) is 0 Å². The van der Waals surface area contributed by atoms with Gasteiger partial charge in [0.05, 0.1) is 0 Å². The van der Waals surface area contributed by atoms with E-state index in [-0.39, 0.29) is 0 Å². The lowest BCUT2D eigenvalue weighted by Gasteiger charge is -2.12. The van der Waals surface area contributed by atoms with E-state index in [9.17, 15) is 0 Å². The maximum atomic E-state index is 3.69. The Labute approximate surface area is 140 Å². The van der Waals surface area contributed by atoms with Gasteiger partial charge in [0.1, 0.15) is 0 Å². The molecule has 1 nitrogen and oxygen atoms in total. The van der Waals surface area contributed by atoms with Crippen LogP contribution in [0.15, 0.2) is 50.7 Å². The van der Waals surface area contributed by atoms with Crippen molar-refractivity contribution in [1.29, 1.82) is 0 Å². The zero-order valence-corrected chi connectivity index (χ0v) is 15.4. The van der Waals surface area contributed by atoms with Crippen LogP contribution >= 0.6 is 27.7 Å². The molecule has 2 aromatic carbocycles. The van der Waals surface area contributed by atoms with Gasteiger partial charge >= 0.3 is 0 Å². The minimum absolute atomic E-state index is 0.501. The summed E-state index contributed by atoms with van der Waals surface area (Å²) < 4.78 is 1.17. The second-order valence-electron chi connectivity index (χ2n) is 5.66. The van der Waals surface area contributed by atoms with Crippen LogP contribution in [0.25, 0.3) is 0 Å². The summed E-state index contributed by atoms with van der Waals surface area (Å²) in [5.74, 6) is 0. The van der Waals surface area contributed by atoms with Gasteiger partial charge in [0.25, 0.3) is 0 Å². The molecule has 0 aliphatic rings. The molecule has 0 saturated heterocycles. The van der Waals surface area contributed by atoms with E-state index in [1.807, 2.05) is 11.8 Å². The van der Waals surface area contributed by atoms with Crippen molar-refractivity contribution < 1.29 is 0 Å². The third kappa shape index (κ3) is 4.87. The Morgan fingerprint density at radius 1 is 1.10 bits per heavy atom. The summed E-state index contributed by atoms with van der Waals surface area (Å²) >= 11 is 5.51. The smallest absolute Gasteiger partial charge is 0.0231 e. The molecular formula is C18H22BrNS. The molecule has 0 saturated carbocycles. The van der Waals surface area contributed by atoms with Crippen molar-refractivity contribution in [2.45, 2.75) is 50.1 Å². The standard InChI is InChI=1S/C18H22BrNS/c1-12(2)20-11-15-6-7-16(10-17(15)19)21-18-8-5-13(3)9-14(18)4/h5-10,12,20H,11H2,1-4H3. The fourth-order valence-corrected chi connectivity index (χ4v) is 3.68. The third-order valence-electron chi connectivity index (χ3n) is 3.28. The van der Waals surface area contributed by atoms with Crippen LogP contribution in [0.1, 0.15) is 30.5 Å². The van der Waals surface area contributed by atoms with Gasteiger partial charge in [-0.05, 0) is 43.2 Å². The fraction of sp³-hybridized carbons (Fsp3) is 0.333. The van der Waals surface area contributed by atoms with Gasteiger partial charge in [-0.25, -0.2) is 0 Å². The lowest BCUT2D eigenvalue weighted by atomic mass is 10.2. The van der Waals surface area contributed by atoms with Gasteiger partial charge in [0.2, 0.25) is 0 Å². The number of nitrogens with one attached hydrogen (secondary N) is 1. The molecular weight excluding hydrogens is 342 g/mol. The number of aryl methyl sites for hydroxylation is 2. The highest BCUT2D eigenvalue weighted by Gasteiger charge is 2.06. The summed E-state index contributed by atoms with van der Waals surface area (Å²) in [5.41, 5.74) is 3.95. The molecule has 1 N–H and O–H groups in total. The molecule has 0 spiro atoms. The van der Waals surface area contributed by atoms with Gasteiger partial charge in [-0.15, -0.1) is 0 Å². The van der Waals surface area contributed by atoms with Gasteiger partial charge in [0.15, 0.2) is 0 Å². The van der Waals surface area contributed by atoms with Gasteiger partial charge in [-0.2, -0.15) is 0 Å². The average Bonchev–Trinajstić information content (AvgIpc) is 2.41. The predicted octanol–water partition coefficient (Wildman–Crippen LogP) is 5.72. The quantitative estimate of drug-likeness (QED) is 0.729. The maximum absolute atomic E-state index is 3.69. The van der Waals surface area contributed by atoms with Crippen molar-refractivity contribution in [2.75, 3.05) is 0 Å². The predicted molar refractivity (Wildman–Crippen MR) is 96.2 cm³/mol. The van der Waals surface area contributed by atoms with E-state index in [1.54, 1.807) is 0 Å². The van der Waals surface area contributed by atoms with Crippen molar-refractivity contribution in [3.63, 3.8) is 0 Å². The van der Waals surface area contributed by atoms with Crippen molar-refractivity contribution in [3.05, 3.63) is 57.6 Å². The topological polar surface area (TPSA) is 12.0 Å². The number of hydrogen-bond acceptors (Lipinski definition) is 2. The zero-order valence-electron chi connectivity index (χ0n) is 13.0. The van der Waals surface area contributed by atoms with Gasteiger partial charge in [-0.1, -0.05) is 65.3 Å². The summed E-state index contributed by atoms with van der Waals surface area (Å²) in [6.45, 7) is 9.53. The third-order valence-corrected chi connectivity index (χ3v) is 5.19. The van der Waals surface area contributed by atoms with E-state index < -0.39 is 0 Å². The van der Waals surface area contributed by atoms with Crippen molar-refractivity contribution in [1.82, 2.24) is 5.32 Å². The molecule has 0 unspecified atom stereocenters. The Kier molecular flexibility index (Phi) is 5.91. The molecule has 0 bridgehead atoms. The molecule has 0 aliphatic heterocycles. The van der Waals surface area contributed by atoms with Crippen LogP contribution in [-0.2, 0) is 6.54 Å². The van der Waals surface area contributed by atoms with Gasteiger partial charge in [0, 0.05) is 26.9 Å². The molecule has 0 fully saturated rings. The van der Waals surface area contributed by atoms with Crippen LogP contribution in [0.3, 0.4) is 0 Å². The van der Waals surface area contributed by atoms with E-state index in [0.717, 1.165) is 6.54 Å². The van der Waals surface area contributed by atoms with Crippen LogP contribution < -0.4 is 5.32 Å². The summed E-state index contributed by atoms with van der Waals surface area (Å²) in [6, 6.07) is 13.7. The Bertz CT molecular complexity index is 623. The second kappa shape index (κ2) is 7.48. The maximum Gasteiger partial charge on any atom is 0.0231 e. The molecule has 0 atom stereocenters. The SMILES string of the molecule is Cc1ccc(Sc2ccc(CNC(C)C)c(Br)c2)c(C)c1. The Morgan fingerprint density at radius 2 is 1.86 bits per heavy atom. The molecule has 2 rings (SSSR count). The van der Waals surface area contributed by atoms with Crippen molar-refractivity contribution in [2.24, 2.45) is 0 Å².